The van der Waals surface area contributed by atoms with Gasteiger partial charge in [-0.25, -0.2) is 0 Å². The van der Waals surface area contributed by atoms with Gasteiger partial charge in [-0.05, 0) is 42.8 Å². The number of fused-ring (bicyclic) bond motifs is 3. The van der Waals surface area contributed by atoms with Crippen LogP contribution in [0.2, 0.25) is 5.02 Å². The van der Waals surface area contributed by atoms with Crippen LogP contribution in [0.3, 0.4) is 0 Å². The van der Waals surface area contributed by atoms with E-state index < -0.39 is 12.1 Å². The predicted molar refractivity (Wildman–Crippen MR) is 146 cm³/mol. The van der Waals surface area contributed by atoms with Gasteiger partial charge in [-0.2, -0.15) is 0 Å². The Labute approximate surface area is 232 Å². The molecular weight excluding hydrogens is 522 g/mol. The molecule has 1 amide bonds. The average Bonchev–Trinajstić information content (AvgIpc) is 3.38. The lowest BCUT2D eigenvalue weighted by Crippen LogP contribution is -2.49. The molecule has 206 valence electrons. The van der Waals surface area contributed by atoms with E-state index in [1.165, 1.54) is 0 Å². The number of aliphatic carboxylic acids is 1. The van der Waals surface area contributed by atoms with Crippen molar-refractivity contribution in [2.45, 2.75) is 25.0 Å². The molecule has 2 aliphatic rings. The number of piperazine rings is 1. The van der Waals surface area contributed by atoms with E-state index in [0.29, 0.717) is 55.5 Å². The van der Waals surface area contributed by atoms with E-state index >= 15 is 0 Å². The van der Waals surface area contributed by atoms with E-state index in [1.54, 1.807) is 14.2 Å². The fraction of sp³-hybridized carbons (Fsp3) is 0.379. The fourth-order valence-electron chi connectivity index (χ4n) is 5.47. The first-order chi connectivity index (χ1) is 18.9. The average molecular weight is 554 g/mol. The standard InChI is InChI=1S/C29H32ClN3O6/c1-37-25-7-3-5-20(29(25)38-2)28-21-17-19(30)8-9-22(21)33-12-4-6-23(33)24(39-28)10-11-26(34)32-15-13-31(14-16-32)18-27(35)36/h3-9,12,17,24,28H,10-11,13-16,18H2,1-2H3,(H,35,36)/t24-,28-/m1/s1. The molecule has 0 unspecified atom stereocenters. The summed E-state index contributed by atoms with van der Waals surface area (Å²) in [4.78, 5) is 27.9. The van der Waals surface area contributed by atoms with Gasteiger partial charge in [0.15, 0.2) is 11.5 Å². The Morgan fingerprint density at radius 3 is 2.54 bits per heavy atom. The summed E-state index contributed by atoms with van der Waals surface area (Å²) in [6.07, 6.45) is 1.86. The summed E-state index contributed by atoms with van der Waals surface area (Å²) in [6, 6.07) is 15.4. The molecule has 1 aromatic heterocycles. The molecule has 2 aliphatic heterocycles. The molecule has 1 fully saturated rings. The number of para-hydroxylation sites is 1. The zero-order chi connectivity index (χ0) is 27.5. The number of nitrogens with zero attached hydrogens (tertiary/aromatic N) is 3. The molecule has 2 aromatic carbocycles. The maximum Gasteiger partial charge on any atom is 0.317 e. The van der Waals surface area contributed by atoms with Gasteiger partial charge < -0.3 is 28.8 Å². The maximum absolute atomic E-state index is 13.2. The van der Waals surface area contributed by atoms with Crippen molar-refractivity contribution in [2.24, 2.45) is 0 Å². The second-order valence-corrected chi connectivity index (χ2v) is 10.1. The first-order valence-electron chi connectivity index (χ1n) is 12.9. The van der Waals surface area contributed by atoms with Gasteiger partial charge in [0.1, 0.15) is 6.10 Å². The Bertz CT molecular complexity index is 1350. The van der Waals surface area contributed by atoms with Crippen LogP contribution < -0.4 is 9.47 Å². The Morgan fingerprint density at radius 1 is 1.03 bits per heavy atom. The van der Waals surface area contributed by atoms with Crippen LogP contribution in [-0.4, -0.2) is 78.3 Å². The number of rotatable bonds is 8. The Balaban J connectivity index is 1.42. The lowest BCUT2D eigenvalue weighted by molar-refractivity contribution is -0.139. The number of aromatic nitrogens is 1. The third-order valence-corrected chi connectivity index (χ3v) is 7.60. The van der Waals surface area contributed by atoms with E-state index in [4.69, 9.17) is 30.9 Å². The smallest absolute Gasteiger partial charge is 0.317 e. The lowest BCUT2D eigenvalue weighted by atomic mass is 9.98. The molecule has 0 spiro atoms. The van der Waals surface area contributed by atoms with Crippen molar-refractivity contribution < 1.29 is 28.9 Å². The van der Waals surface area contributed by atoms with Crippen LogP contribution in [-0.2, 0) is 14.3 Å². The molecule has 39 heavy (non-hydrogen) atoms. The lowest BCUT2D eigenvalue weighted by Gasteiger charge is -2.34. The molecule has 0 radical (unpaired) electrons. The number of methoxy groups -OCH3 is 2. The van der Waals surface area contributed by atoms with Crippen molar-refractivity contribution in [1.29, 1.82) is 0 Å². The summed E-state index contributed by atoms with van der Waals surface area (Å²) in [5.74, 6) is 0.358. The number of ether oxygens (including phenoxy) is 3. The van der Waals surface area contributed by atoms with Crippen molar-refractivity contribution >= 4 is 23.5 Å². The van der Waals surface area contributed by atoms with Gasteiger partial charge in [-0.3, -0.25) is 14.5 Å². The van der Waals surface area contributed by atoms with E-state index in [0.717, 1.165) is 22.5 Å². The summed E-state index contributed by atoms with van der Waals surface area (Å²) in [5, 5.41) is 9.63. The van der Waals surface area contributed by atoms with E-state index in [-0.39, 0.29) is 18.6 Å². The fourth-order valence-corrected chi connectivity index (χ4v) is 5.65. The van der Waals surface area contributed by atoms with Crippen LogP contribution in [0, 0.1) is 0 Å². The number of amides is 1. The maximum atomic E-state index is 13.2. The summed E-state index contributed by atoms with van der Waals surface area (Å²) in [5.41, 5.74) is 3.58. The molecule has 5 rings (SSSR count). The topological polar surface area (TPSA) is 93.5 Å². The minimum Gasteiger partial charge on any atom is -0.493 e. The van der Waals surface area contributed by atoms with Crippen molar-refractivity contribution in [2.75, 3.05) is 46.9 Å². The molecule has 0 bridgehead atoms. The van der Waals surface area contributed by atoms with Crippen LogP contribution >= 0.6 is 11.6 Å². The van der Waals surface area contributed by atoms with Crippen LogP contribution in [0.4, 0.5) is 0 Å². The number of carboxylic acids is 1. The van der Waals surface area contributed by atoms with Crippen molar-refractivity contribution in [1.82, 2.24) is 14.4 Å². The molecule has 0 saturated carbocycles. The van der Waals surface area contributed by atoms with E-state index in [2.05, 4.69) is 4.57 Å². The molecular formula is C29H32ClN3O6. The molecule has 10 heteroatoms. The van der Waals surface area contributed by atoms with Gasteiger partial charge >= 0.3 is 5.97 Å². The highest BCUT2D eigenvalue weighted by atomic mass is 35.5. The van der Waals surface area contributed by atoms with Crippen molar-refractivity contribution in [3.8, 4) is 17.2 Å². The number of carbonyl (C=O) groups is 2. The van der Waals surface area contributed by atoms with E-state index in [1.807, 2.05) is 64.5 Å². The zero-order valence-corrected chi connectivity index (χ0v) is 22.8. The van der Waals surface area contributed by atoms with Gasteiger partial charge in [0.05, 0.1) is 38.2 Å². The number of carboxylic acid groups (broad SMARTS) is 1. The second-order valence-electron chi connectivity index (χ2n) is 9.68. The largest absolute Gasteiger partial charge is 0.493 e. The first kappa shape index (κ1) is 27.1. The van der Waals surface area contributed by atoms with Crippen LogP contribution in [0.1, 0.15) is 41.9 Å². The van der Waals surface area contributed by atoms with Crippen LogP contribution in [0.25, 0.3) is 5.69 Å². The van der Waals surface area contributed by atoms with Crippen molar-refractivity contribution in [3.63, 3.8) is 0 Å². The minimum absolute atomic E-state index is 0.00533. The third kappa shape index (κ3) is 5.61. The van der Waals surface area contributed by atoms with Gasteiger partial charge in [-0.15, -0.1) is 0 Å². The Kier molecular flexibility index (Phi) is 8.11. The molecule has 3 aromatic rings. The van der Waals surface area contributed by atoms with Crippen LogP contribution in [0.15, 0.2) is 54.7 Å². The normalized spacial score (nSPS) is 19.1. The highest BCUT2D eigenvalue weighted by Crippen LogP contribution is 2.46. The van der Waals surface area contributed by atoms with Gasteiger partial charge in [0.25, 0.3) is 0 Å². The predicted octanol–water partition coefficient (Wildman–Crippen LogP) is 4.32. The SMILES string of the molecule is COc1cccc([C@H]2O[C@H](CCC(=O)N3CCN(CC(=O)O)CC3)c3cccn3-c3ccc(Cl)cc32)c1OC. The highest BCUT2D eigenvalue weighted by Gasteiger charge is 2.33. The Hall–Kier alpha value is -3.53. The third-order valence-electron chi connectivity index (χ3n) is 7.36. The second kappa shape index (κ2) is 11.7. The quantitative estimate of drug-likeness (QED) is 0.444. The summed E-state index contributed by atoms with van der Waals surface area (Å²) >= 11 is 6.47. The number of carbonyl (C=O) groups excluding carboxylic acids is 1. The van der Waals surface area contributed by atoms with Gasteiger partial charge in [0.2, 0.25) is 5.91 Å². The number of hydrogen-bond acceptors (Lipinski definition) is 6. The first-order valence-corrected chi connectivity index (χ1v) is 13.3. The molecule has 1 N–H and O–H groups in total. The van der Waals surface area contributed by atoms with Gasteiger partial charge in [0, 0.05) is 54.9 Å². The number of benzene rings is 2. The van der Waals surface area contributed by atoms with E-state index in [9.17, 15) is 9.59 Å². The molecule has 0 aliphatic carbocycles. The van der Waals surface area contributed by atoms with Crippen molar-refractivity contribution in [3.05, 3.63) is 76.6 Å². The number of hydrogen-bond donors (Lipinski definition) is 1. The van der Waals surface area contributed by atoms with Crippen LogP contribution in [0.5, 0.6) is 11.5 Å². The molecule has 3 heterocycles. The summed E-state index contributed by atoms with van der Waals surface area (Å²) < 4.78 is 20.3. The Morgan fingerprint density at radius 2 is 1.82 bits per heavy atom. The summed E-state index contributed by atoms with van der Waals surface area (Å²) in [7, 11) is 3.20. The monoisotopic (exact) mass is 553 g/mol. The number of halogens is 1. The minimum atomic E-state index is -0.854. The zero-order valence-electron chi connectivity index (χ0n) is 22.0. The molecule has 9 nitrogen and oxygen atoms in total. The molecule has 2 atom stereocenters. The highest BCUT2D eigenvalue weighted by molar-refractivity contribution is 6.30. The van der Waals surface area contributed by atoms with Gasteiger partial charge in [-0.1, -0.05) is 23.7 Å². The molecule has 1 saturated heterocycles. The summed E-state index contributed by atoms with van der Waals surface area (Å²) in [6.45, 7) is 2.13.